The largest absolute Gasteiger partial charge is 0.303 e. The number of hydrogen-bond donors (Lipinski definition) is 0. The highest BCUT2D eigenvalue weighted by Crippen LogP contribution is 2.22. The molecule has 0 saturated heterocycles. The van der Waals surface area contributed by atoms with Crippen molar-refractivity contribution in [3.8, 4) is 0 Å². The third kappa shape index (κ3) is 2.85. The van der Waals surface area contributed by atoms with E-state index in [4.69, 9.17) is 0 Å². The molecule has 3 heteroatoms. The minimum absolute atomic E-state index is 0.0144. The fourth-order valence-corrected chi connectivity index (χ4v) is 1.46. The lowest BCUT2D eigenvalue weighted by Gasteiger charge is -2.10. The van der Waals surface area contributed by atoms with Crippen molar-refractivity contribution in [3.63, 3.8) is 0 Å². The Morgan fingerprint density at radius 1 is 1.27 bits per heavy atom. The van der Waals surface area contributed by atoms with Gasteiger partial charge in [-0.3, -0.25) is 0 Å². The number of aldehydes is 1. The molecule has 0 heterocycles. The lowest BCUT2D eigenvalue weighted by atomic mass is 9.98. The normalized spacial score (nSPS) is 10.7. The Kier molecular flexibility index (Phi) is 3.95. The first-order valence-corrected chi connectivity index (χ1v) is 4.97. The van der Waals surface area contributed by atoms with Gasteiger partial charge in [0.2, 0.25) is 0 Å². The van der Waals surface area contributed by atoms with Gasteiger partial charge in [-0.1, -0.05) is 13.8 Å². The van der Waals surface area contributed by atoms with E-state index >= 15 is 0 Å². The summed E-state index contributed by atoms with van der Waals surface area (Å²) < 4.78 is 26.6. The van der Waals surface area contributed by atoms with Crippen LogP contribution in [0.25, 0.3) is 0 Å². The third-order valence-corrected chi connectivity index (χ3v) is 2.32. The summed E-state index contributed by atoms with van der Waals surface area (Å²) in [4.78, 5) is 10.2. The Labute approximate surface area is 88.1 Å². The molecule has 0 saturated carbocycles. The maximum atomic E-state index is 13.3. The van der Waals surface area contributed by atoms with Gasteiger partial charge in [0, 0.05) is 12.5 Å². The lowest BCUT2D eigenvalue weighted by Crippen LogP contribution is -2.00. The SMILES string of the molecule is CC(C)c1cc(CCC=O)c(F)cc1F. The summed E-state index contributed by atoms with van der Waals surface area (Å²) in [6.45, 7) is 3.69. The number of carbonyl (C=O) groups excluding carboxylic acids is 1. The quantitative estimate of drug-likeness (QED) is 0.700. The first-order chi connectivity index (χ1) is 7.06. The molecule has 0 aliphatic rings. The molecule has 0 aliphatic heterocycles. The Morgan fingerprint density at radius 3 is 2.47 bits per heavy atom. The summed E-state index contributed by atoms with van der Waals surface area (Å²) in [5.41, 5.74) is 0.907. The first-order valence-electron chi connectivity index (χ1n) is 4.97. The molecule has 0 unspecified atom stereocenters. The molecule has 0 aromatic heterocycles. The molecule has 1 aromatic carbocycles. The van der Waals surface area contributed by atoms with E-state index in [-0.39, 0.29) is 12.3 Å². The second-order valence-electron chi connectivity index (χ2n) is 3.83. The zero-order valence-electron chi connectivity index (χ0n) is 8.89. The maximum Gasteiger partial charge on any atom is 0.129 e. The Hall–Kier alpha value is -1.25. The Balaban J connectivity index is 3.05. The second kappa shape index (κ2) is 5.01. The molecule has 0 atom stereocenters. The van der Waals surface area contributed by atoms with Gasteiger partial charge < -0.3 is 4.79 Å². The van der Waals surface area contributed by atoms with E-state index in [0.717, 1.165) is 12.4 Å². The molecule has 0 fully saturated rings. The minimum Gasteiger partial charge on any atom is -0.303 e. The van der Waals surface area contributed by atoms with Crippen molar-refractivity contribution in [1.82, 2.24) is 0 Å². The molecule has 0 bridgehead atoms. The van der Waals surface area contributed by atoms with Crippen LogP contribution in [0.2, 0.25) is 0 Å². The molecule has 0 spiro atoms. The number of carbonyl (C=O) groups is 1. The van der Waals surface area contributed by atoms with Gasteiger partial charge in [-0.05, 0) is 29.5 Å². The van der Waals surface area contributed by atoms with Crippen LogP contribution in [-0.2, 0) is 11.2 Å². The summed E-state index contributed by atoms with van der Waals surface area (Å²) in [6.07, 6.45) is 1.33. The molecule has 82 valence electrons. The standard InChI is InChI=1S/C12H14F2O/c1-8(2)10-6-9(4-3-5-15)11(13)7-12(10)14/h5-8H,3-4H2,1-2H3. The molecular formula is C12H14F2O. The van der Waals surface area contributed by atoms with E-state index in [1.54, 1.807) is 0 Å². The highest BCUT2D eigenvalue weighted by atomic mass is 19.1. The van der Waals surface area contributed by atoms with Crippen LogP contribution in [0, 0.1) is 11.6 Å². The second-order valence-corrected chi connectivity index (χ2v) is 3.83. The summed E-state index contributed by atoms with van der Waals surface area (Å²) in [6, 6.07) is 2.41. The topological polar surface area (TPSA) is 17.1 Å². The van der Waals surface area contributed by atoms with Gasteiger partial charge in [0.1, 0.15) is 17.9 Å². The number of hydrogen-bond acceptors (Lipinski definition) is 1. The predicted molar refractivity (Wildman–Crippen MR) is 54.8 cm³/mol. The number of benzene rings is 1. The Morgan fingerprint density at radius 2 is 1.93 bits per heavy atom. The van der Waals surface area contributed by atoms with Crippen molar-refractivity contribution in [1.29, 1.82) is 0 Å². The average molecular weight is 212 g/mol. The third-order valence-electron chi connectivity index (χ3n) is 2.32. The van der Waals surface area contributed by atoms with Crippen LogP contribution in [0.5, 0.6) is 0 Å². The van der Waals surface area contributed by atoms with Gasteiger partial charge in [0.15, 0.2) is 0 Å². The predicted octanol–water partition coefficient (Wildman–Crippen LogP) is 3.22. The molecule has 0 aliphatic carbocycles. The van der Waals surface area contributed by atoms with Crippen molar-refractivity contribution >= 4 is 6.29 Å². The molecule has 1 nitrogen and oxygen atoms in total. The average Bonchev–Trinajstić information content (AvgIpc) is 2.16. The minimum atomic E-state index is -0.571. The van der Waals surface area contributed by atoms with E-state index in [0.29, 0.717) is 17.5 Å². The first kappa shape index (κ1) is 11.8. The van der Waals surface area contributed by atoms with Gasteiger partial charge in [0.05, 0.1) is 0 Å². The van der Waals surface area contributed by atoms with E-state index in [1.165, 1.54) is 6.07 Å². The molecule has 0 radical (unpaired) electrons. The molecular weight excluding hydrogens is 198 g/mol. The van der Waals surface area contributed by atoms with Crippen LogP contribution in [0.3, 0.4) is 0 Å². The summed E-state index contributed by atoms with van der Waals surface area (Å²) in [5.74, 6) is -1.07. The summed E-state index contributed by atoms with van der Waals surface area (Å²) >= 11 is 0. The van der Waals surface area contributed by atoms with Gasteiger partial charge in [-0.15, -0.1) is 0 Å². The highest BCUT2D eigenvalue weighted by Gasteiger charge is 2.11. The number of rotatable bonds is 4. The van der Waals surface area contributed by atoms with Crippen LogP contribution in [0.4, 0.5) is 8.78 Å². The number of aryl methyl sites for hydroxylation is 1. The molecule has 0 amide bonds. The molecule has 0 N–H and O–H groups in total. The van der Waals surface area contributed by atoms with Gasteiger partial charge in [0.25, 0.3) is 0 Å². The highest BCUT2D eigenvalue weighted by molar-refractivity contribution is 5.50. The summed E-state index contributed by atoms with van der Waals surface area (Å²) in [5, 5.41) is 0. The van der Waals surface area contributed by atoms with Crippen molar-refractivity contribution in [3.05, 3.63) is 34.9 Å². The van der Waals surface area contributed by atoms with E-state index in [2.05, 4.69) is 0 Å². The van der Waals surface area contributed by atoms with Gasteiger partial charge in [-0.25, -0.2) is 8.78 Å². The smallest absolute Gasteiger partial charge is 0.129 e. The van der Waals surface area contributed by atoms with Crippen LogP contribution in [0.1, 0.15) is 37.3 Å². The maximum absolute atomic E-state index is 13.3. The van der Waals surface area contributed by atoms with E-state index in [1.807, 2.05) is 13.8 Å². The molecule has 1 aromatic rings. The zero-order chi connectivity index (χ0) is 11.4. The van der Waals surface area contributed by atoms with Crippen molar-refractivity contribution in [2.75, 3.05) is 0 Å². The zero-order valence-corrected chi connectivity index (χ0v) is 8.89. The Bertz CT molecular complexity index is 359. The van der Waals surface area contributed by atoms with Crippen molar-refractivity contribution in [2.24, 2.45) is 0 Å². The van der Waals surface area contributed by atoms with Crippen LogP contribution in [0.15, 0.2) is 12.1 Å². The van der Waals surface area contributed by atoms with Crippen LogP contribution in [-0.4, -0.2) is 6.29 Å². The lowest BCUT2D eigenvalue weighted by molar-refractivity contribution is -0.107. The molecule has 1 rings (SSSR count). The number of halogens is 2. The fraction of sp³-hybridized carbons (Fsp3) is 0.417. The van der Waals surface area contributed by atoms with Crippen LogP contribution < -0.4 is 0 Å². The fourth-order valence-electron chi connectivity index (χ4n) is 1.46. The van der Waals surface area contributed by atoms with E-state index < -0.39 is 11.6 Å². The van der Waals surface area contributed by atoms with Crippen molar-refractivity contribution in [2.45, 2.75) is 32.6 Å². The van der Waals surface area contributed by atoms with Gasteiger partial charge >= 0.3 is 0 Å². The monoisotopic (exact) mass is 212 g/mol. The molecule has 15 heavy (non-hydrogen) atoms. The van der Waals surface area contributed by atoms with Gasteiger partial charge in [-0.2, -0.15) is 0 Å². The van der Waals surface area contributed by atoms with Crippen LogP contribution >= 0.6 is 0 Å². The van der Waals surface area contributed by atoms with Crippen molar-refractivity contribution < 1.29 is 13.6 Å². The summed E-state index contributed by atoms with van der Waals surface area (Å²) in [7, 11) is 0. The van der Waals surface area contributed by atoms with E-state index in [9.17, 15) is 13.6 Å².